The smallest absolute Gasteiger partial charge is 0.251 e. The normalized spacial score (nSPS) is 11.2. The molecule has 2 aromatic carbocycles. The topological polar surface area (TPSA) is 65.5 Å². The number of amides is 1. The molecule has 0 aliphatic rings. The number of hydrogen-bond donors (Lipinski definition) is 3. The average Bonchev–Trinajstić information content (AvgIpc) is 2.65. The fourth-order valence-corrected chi connectivity index (χ4v) is 2.78. The number of nitrogens with zero attached hydrogens (tertiary/aromatic N) is 1. The molecule has 0 aliphatic heterocycles. The van der Waals surface area contributed by atoms with Crippen LogP contribution in [0.1, 0.15) is 32.6 Å². The molecule has 3 N–H and O–H groups in total. The summed E-state index contributed by atoms with van der Waals surface area (Å²) >= 11 is 0. The molecule has 0 saturated carbocycles. The molecule has 5 heteroatoms. The van der Waals surface area contributed by atoms with Gasteiger partial charge in [-0.2, -0.15) is 0 Å². The fourth-order valence-electron chi connectivity index (χ4n) is 2.78. The molecule has 2 rings (SSSR count). The monoisotopic (exact) mass is 352 g/mol. The minimum atomic E-state index is -0.0641. The zero-order chi connectivity index (χ0) is 18.9. The van der Waals surface area contributed by atoms with Crippen molar-refractivity contribution >= 4 is 11.9 Å². The van der Waals surface area contributed by atoms with Crippen LogP contribution in [0.3, 0.4) is 0 Å². The van der Waals surface area contributed by atoms with Gasteiger partial charge in [0, 0.05) is 32.7 Å². The summed E-state index contributed by atoms with van der Waals surface area (Å²) < 4.78 is 0. The van der Waals surface area contributed by atoms with Crippen molar-refractivity contribution in [3.05, 3.63) is 70.3 Å². The molecule has 5 nitrogen and oxygen atoms in total. The Morgan fingerprint density at radius 2 is 1.88 bits per heavy atom. The number of hydrogen-bond acceptors (Lipinski definition) is 2. The van der Waals surface area contributed by atoms with Gasteiger partial charge >= 0.3 is 0 Å². The number of aryl methyl sites for hydroxylation is 2. The maximum absolute atomic E-state index is 11.7. The first-order chi connectivity index (χ1) is 12.5. The van der Waals surface area contributed by atoms with Gasteiger partial charge < -0.3 is 16.0 Å². The molecular weight excluding hydrogens is 324 g/mol. The van der Waals surface area contributed by atoms with Crippen molar-refractivity contribution in [3.63, 3.8) is 0 Å². The largest absolute Gasteiger partial charge is 0.356 e. The van der Waals surface area contributed by atoms with Crippen LogP contribution in [0.2, 0.25) is 0 Å². The lowest BCUT2D eigenvalue weighted by molar-refractivity contribution is 0.0963. The van der Waals surface area contributed by atoms with E-state index in [0.29, 0.717) is 5.56 Å². The van der Waals surface area contributed by atoms with Crippen LogP contribution < -0.4 is 16.0 Å². The molecule has 138 valence electrons. The number of carbonyl (C=O) groups excluding carboxylic acids is 1. The quantitative estimate of drug-likeness (QED) is 0.553. The summed E-state index contributed by atoms with van der Waals surface area (Å²) in [5, 5.41) is 9.31. The third-order valence-corrected chi connectivity index (χ3v) is 4.29. The van der Waals surface area contributed by atoms with Crippen LogP contribution in [0.4, 0.5) is 0 Å². The average molecular weight is 352 g/mol. The highest BCUT2D eigenvalue weighted by atomic mass is 16.1. The van der Waals surface area contributed by atoms with Gasteiger partial charge in [0.05, 0.1) is 0 Å². The zero-order valence-electron chi connectivity index (χ0n) is 16.0. The predicted molar refractivity (Wildman–Crippen MR) is 108 cm³/mol. The van der Waals surface area contributed by atoms with E-state index in [1.54, 1.807) is 14.1 Å². The Kier molecular flexibility index (Phi) is 7.21. The maximum Gasteiger partial charge on any atom is 0.251 e. The second-order valence-corrected chi connectivity index (χ2v) is 6.31. The van der Waals surface area contributed by atoms with Crippen molar-refractivity contribution in [2.24, 2.45) is 4.99 Å². The number of guanidine groups is 1. The number of rotatable bonds is 6. The van der Waals surface area contributed by atoms with Gasteiger partial charge in [-0.15, -0.1) is 0 Å². The van der Waals surface area contributed by atoms with Crippen LogP contribution in [0.25, 0.3) is 0 Å². The Morgan fingerprint density at radius 1 is 1.08 bits per heavy atom. The van der Waals surface area contributed by atoms with Crippen LogP contribution in [0.15, 0.2) is 47.5 Å². The molecule has 0 bridgehead atoms. The summed E-state index contributed by atoms with van der Waals surface area (Å²) in [6.45, 7) is 5.70. The highest BCUT2D eigenvalue weighted by Crippen LogP contribution is 2.10. The summed E-state index contributed by atoms with van der Waals surface area (Å²) in [7, 11) is 3.41. The van der Waals surface area contributed by atoms with E-state index < -0.39 is 0 Å². The number of nitrogens with one attached hydrogen (secondary N) is 3. The molecule has 1 amide bonds. The van der Waals surface area contributed by atoms with Gasteiger partial charge in [-0.25, -0.2) is 0 Å². The summed E-state index contributed by atoms with van der Waals surface area (Å²) in [6, 6.07) is 14.1. The fraction of sp³-hybridized carbons (Fsp3) is 0.333. The maximum atomic E-state index is 11.7. The van der Waals surface area contributed by atoms with E-state index in [-0.39, 0.29) is 5.91 Å². The third kappa shape index (κ3) is 5.62. The van der Waals surface area contributed by atoms with Gasteiger partial charge in [0.25, 0.3) is 5.91 Å². The lowest BCUT2D eigenvalue weighted by atomic mass is 10.1. The van der Waals surface area contributed by atoms with E-state index >= 15 is 0 Å². The Bertz CT molecular complexity index is 783. The molecular formula is C21H28N4O. The molecule has 26 heavy (non-hydrogen) atoms. The second-order valence-electron chi connectivity index (χ2n) is 6.31. The van der Waals surface area contributed by atoms with E-state index in [4.69, 9.17) is 0 Å². The summed E-state index contributed by atoms with van der Waals surface area (Å²) in [5.41, 5.74) is 5.61. The standard InChI is InChI=1S/C21H28N4O/c1-15-8-9-19(16(2)12-15)14-25-21(23-4)24-11-10-17-6-5-7-18(13-17)20(26)22-3/h5-9,12-13H,10-11,14H2,1-4H3,(H,22,26)(H2,23,24,25). The molecule has 0 saturated heterocycles. The molecule has 0 atom stereocenters. The van der Waals surface area contributed by atoms with Crippen molar-refractivity contribution in [2.75, 3.05) is 20.6 Å². The first-order valence-electron chi connectivity index (χ1n) is 8.85. The Hall–Kier alpha value is -2.82. The molecule has 0 fully saturated rings. The van der Waals surface area contributed by atoms with Crippen LogP contribution in [0, 0.1) is 13.8 Å². The van der Waals surface area contributed by atoms with Gasteiger partial charge in [-0.3, -0.25) is 9.79 Å². The number of carbonyl (C=O) groups is 1. The Morgan fingerprint density at radius 3 is 2.58 bits per heavy atom. The first-order valence-corrected chi connectivity index (χ1v) is 8.85. The summed E-state index contributed by atoms with van der Waals surface area (Å²) in [4.78, 5) is 16.0. The highest BCUT2D eigenvalue weighted by molar-refractivity contribution is 5.94. The third-order valence-electron chi connectivity index (χ3n) is 4.29. The molecule has 0 radical (unpaired) electrons. The Labute approximate surface area is 155 Å². The van der Waals surface area contributed by atoms with Crippen LogP contribution in [-0.4, -0.2) is 32.5 Å². The van der Waals surface area contributed by atoms with Gasteiger partial charge in [-0.1, -0.05) is 35.9 Å². The molecule has 2 aromatic rings. The molecule has 0 heterocycles. The van der Waals surface area contributed by atoms with E-state index in [0.717, 1.165) is 31.0 Å². The highest BCUT2D eigenvalue weighted by Gasteiger charge is 2.05. The van der Waals surface area contributed by atoms with Crippen molar-refractivity contribution in [1.29, 1.82) is 0 Å². The van der Waals surface area contributed by atoms with Gasteiger partial charge in [0.15, 0.2) is 5.96 Å². The van der Waals surface area contributed by atoms with E-state index in [2.05, 4.69) is 53.0 Å². The number of benzene rings is 2. The van der Waals surface area contributed by atoms with Crippen molar-refractivity contribution in [1.82, 2.24) is 16.0 Å². The van der Waals surface area contributed by atoms with Crippen molar-refractivity contribution < 1.29 is 4.79 Å². The van der Waals surface area contributed by atoms with Gasteiger partial charge in [0.1, 0.15) is 0 Å². The lowest BCUT2D eigenvalue weighted by Gasteiger charge is -2.13. The minimum Gasteiger partial charge on any atom is -0.356 e. The Balaban J connectivity index is 1.84. The molecule has 0 spiro atoms. The zero-order valence-corrected chi connectivity index (χ0v) is 16.0. The minimum absolute atomic E-state index is 0.0641. The first kappa shape index (κ1) is 19.5. The number of aliphatic imine (C=N–C) groups is 1. The second kappa shape index (κ2) is 9.61. The van der Waals surface area contributed by atoms with Crippen LogP contribution >= 0.6 is 0 Å². The SMILES string of the molecule is CN=C(NCCc1cccc(C(=O)NC)c1)NCc1ccc(C)cc1C. The van der Waals surface area contributed by atoms with Crippen LogP contribution in [-0.2, 0) is 13.0 Å². The van der Waals surface area contributed by atoms with Crippen LogP contribution in [0.5, 0.6) is 0 Å². The molecule has 0 unspecified atom stereocenters. The summed E-state index contributed by atoms with van der Waals surface area (Å²) in [5.74, 6) is 0.707. The molecule has 0 aromatic heterocycles. The van der Waals surface area contributed by atoms with E-state index in [1.807, 2.05) is 24.3 Å². The molecule has 0 aliphatic carbocycles. The van der Waals surface area contributed by atoms with Gasteiger partial charge in [0.2, 0.25) is 0 Å². The summed E-state index contributed by atoms with van der Waals surface area (Å²) in [6.07, 6.45) is 0.815. The van der Waals surface area contributed by atoms with Gasteiger partial charge in [-0.05, 0) is 49.1 Å². The lowest BCUT2D eigenvalue weighted by Crippen LogP contribution is -2.38. The van der Waals surface area contributed by atoms with Crippen molar-refractivity contribution in [3.8, 4) is 0 Å². The van der Waals surface area contributed by atoms with E-state index in [9.17, 15) is 4.79 Å². The predicted octanol–water partition coefficient (Wildman–Crippen LogP) is 2.57. The van der Waals surface area contributed by atoms with E-state index in [1.165, 1.54) is 16.7 Å². The van der Waals surface area contributed by atoms with Crippen molar-refractivity contribution in [2.45, 2.75) is 26.8 Å².